The van der Waals surface area contributed by atoms with Crippen LogP contribution in [0.15, 0.2) is 78.9 Å². The lowest BCUT2D eigenvalue weighted by molar-refractivity contribution is 0.0696. The molecule has 8 heteroatoms. The zero-order valence-electron chi connectivity index (χ0n) is 24.6. The Hall–Kier alpha value is -4.33. The fraction of sp³-hybridized carbons (Fsp3) is 0.364. The van der Waals surface area contributed by atoms with E-state index in [1.807, 2.05) is 88.4 Å². The van der Waals surface area contributed by atoms with Crippen molar-refractivity contribution in [1.82, 2.24) is 0 Å². The monoisotopic (exact) mass is 558 g/mol. The van der Waals surface area contributed by atoms with Crippen molar-refractivity contribution in [1.29, 1.82) is 0 Å². The molecular formula is C33H42N4O4. The van der Waals surface area contributed by atoms with E-state index in [2.05, 4.69) is 0 Å². The first-order valence-corrected chi connectivity index (χ1v) is 14.5. The third-order valence-electron chi connectivity index (χ3n) is 6.62. The van der Waals surface area contributed by atoms with E-state index in [-0.39, 0.29) is 17.6 Å². The van der Waals surface area contributed by atoms with Gasteiger partial charge in [-0.25, -0.2) is 14.4 Å². The topological polar surface area (TPSA) is 84.4 Å². The molecule has 0 radical (unpaired) electrons. The number of amides is 4. The molecule has 0 fully saturated rings. The molecule has 0 aliphatic heterocycles. The number of carbonyl (C=O) groups excluding carboxylic acids is 2. The van der Waals surface area contributed by atoms with Gasteiger partial charge in [-0.15, -0.1) is 0 Å². The summed E-state index contributed by atoms with van der Waals surface area (Å²) in [5.74, 6) is -1.12. The normalized spacial score (nSPS) is 10.6. The first-order valence-electron chi connectivity index (χ1n) is 14.5. The summed E-state index contributed by atoms with van der Waals surface area (Å²) in [5, 5.41) is 10.0. The Morgan fingerprint density at radius 1 is 0.512 bits per heavy atom. The van der Waals surface area contributed by atoms with Gasteiger partial charge in [0, 0.05) is 48.9 Å². The van der Waals surface area contributed by atoms with E-state index in [1.54, 1.807) is 25.7 Å². The van der Waals surface area contributed by atoms with E-state index in [1.165, 1.54) is 12.1 Å². The number of hydrogen-bond acceptors (Lipinski definition) is 3. The van der Waals surface area contributed by atoms with E-state index >= 15 is 0 Å². The van der Waals surface area contributed by atoms with Crippen molar-refractivity contribution >= 4 is 40.8 Å². The molecule has 0 aliphatic carbocycles. The second-order valence-electron chi connectivity index (χ2n) is 9.89. The smallest absolute Gasteiger partial charge is 0.335 e. The molecule has 0 bridgehead atoms. The van der Waals surface area contributed by atoms with Gasteiger partial charge in [-0.2, -0.15) is 0 Å². The number of urea groups is 2. The molecule has 0 saturated heterocycles. The molecule has 218 valence electrons. The Morgan fingerprint density at radius 2 is 0.829 bits per heavy atom. The lowest BCUT2D eigenvalue weighted by Crippen LogP contribution is -2.45. The number of benzene rings is 3. The molecular weight excluding hydrogens is 516 g/mol. The molecule has 0 unspecified atom stereocenters. The highest BCUT2D eigenvalue weighted by atomic mass is 16.4. The van der Waals surface area contributed by atoms with E-state index in [9.17, 15) is 19.5 Å². The van der Waals surface area contributed by atoms with Crippen LogP contribution in [0.3, 0.4) is 0 Å². The third-order valence-corrected chi connectivity index (χ3v) is 6.62. The summed E-state index contributed by atoms with van der Waals surface area (Å²) in [6.45, 7) is 9.79. The minimum atomic E-state index is -1.12. The Balaban J connectivity index is 2.12. The average molecular weight is 559 g/mol. The van der Waals surface area contributed by atoms with Gasteiger partial charge in [-0.05, 0) is 68.1 Å². The number of carboxylic acids is 1. The van der Waals surface area contributed by atoms with Crippen LogP contribution in [0.4, 0.5) is 32.3 Å². The maximum atomic E-state index is 14.0. The number of rotatable bonds is 13. The summed E-state index contributed by atoms with van der Waals surface area (Å²) >= 11 is 0. The van der Waals surface area contributed by atoms with Gasteiger partial charge in [-0.1, -0.05) is 64.1 Å². The van der Waals surface area contributed by atoms with Gasteiger partial charge in [0.05, 0.1) is 5.56 Å². The molecule has 3 aromatic carbocycles. The molecule has 3 aromatic rings. The van der Waals surface area contributed by atoms with Gasteiger partial charge in [0.2, 0.25) is 0 Å². The van der Waals surface area contributed by atoms with Crippen LogP contribution in [-0.4, -0.2) is 49.3 Å². The first-order chi connectivity index (χ1) is 19.9. The van der Waals surface area contributed by atoms with Gasteiger partial charge in [0.25, 0.3) is 0 Å². The highest BCUT2D eigenvalue weighted by Crippen LogP contribution is 2.30. The zero-order valence-corrected chi connectivity index (χ0v) is 24.6. The second-order valence-corrected chi connectivity index (χ2v) is 9.89. The van der Waals surface area contributed by atoms with Crippen LogP contribution in [0.5, 0.6) is 0 Å². The number of carbonyl (C=O) groups is 3. The summed E-state index contributed by atoms with van der Waals surface area (Å²) in [7, 11) is 0. The predicted molar refractivity (Wildman–Crippen MR) is 168 cm³/mol. The minimum absolute atomic E-state index is 0.0174. The summed E-state index contributed by atoms with van der Waals surface area (Å²) in [6, 6.07) is 23.3. The van der Waals surface area contributed by atoms with Crippen molar-refractivity contribution in [2.75, 3.05) is 45.8 Å². The predicted octanol–water partition coefficient (Wildman–Crippen LogP) is 7.89. The van der Waals surface area contributed by atoms with Crippen molar-refractivity contribution in [3.8, 4) is 0 Å². The SMILES string of the molecule is CCCN(C(=O)N(CCC)c1cc(C(=O)O)cc(N(CCC)C(=O)N(CCC)c2ccccc2)c1)c1ccccc1. The molecule has 0 aliphatic rings. The lowest BCUT2D eigenvalue weighted by atomic mass is 10.1. The summed E-state index contributed by atoms with van der Waals surface area (Å²) in [5.41, 5.74) is 2.45. The highest BCUT2D eigenvalue weighted by molar-refractivity contribution is 6.07. The van der Waals surface area contributed by atoms with Crippen LogP contribution in [0, 0.1) is 0 Å². The Kier molecular flexibility index (Phi) is 11.8. The average Bonchev–Trinajstić information content (AvgIpc) is 3.00. The minimum Gasteiger partial charge on any atom is -0.478 e. The zero-order chi connectivity index (χ0) is 29.8. The number of carboxylic acid groups (broad SMARTS) is 1. The molecule has 1 N–H and O–H groups in total. The Morgan fingerprint density at radius 3 is 1.12 bits per heavy atom. The number of anilines is 4. The molecule has 3 rings (SSSR count). The Labute approximate surface area is 243 Å². The molecule has 0 heterocycles. The molecule has 8 nitrogen and oxygen atoms in total. The maximum absolute atomic E-state index is 14.0. The van der Waals surface area contributed by atoms with E-state index < -0.39 is 5.97 Å². The van der Waals surface area contributed by atoms with Gasteiger partial charge >= 0.3 is 18.0 Å². The standard InChI is InChI=1S/C33H42N4O4/c1-5-19-34(27-15-11-9-12-16-27)32(40)36(21-7-3)29-23-26(31(38)39)24-30(25-29)37(22-8-4)33(41)35(20-6-2)28-17-13-10-14-18-28/h9-18,23-25H,5-8,19-22H2,1-4H3,(H,38,39). The fourth-order valence-corrected chi connectivity index (χ4v) is 4.77. The van der Waals surface area contributed by atoms with Crippen LogP contribution in [0.2, 0.25) is 0 Å². The first kappa shape index (κ1) is 31.2. The summed E-state index contributed by atoms with van der Waals surface area (Å²) in [4.78, 5) is 47.0. The number of hydrogen-bond donors (Lipinski definition) is 1. The van der Waals surface area contributed by atoms with E-state index in [4.69, 9.17) is 0 Å². The van der Waals surface area contributed by atoms with Crippen LogP contribution < -0.4 is 19.6 Å². The van der Waals surface area contributed by atoms with Crippen molar-refractivity contribution in [2.24, 2.45) is 0 Å². The van der Waals surface area contributed by atoms with Crippen molar-refractivity contribution in [3.63, 3.8) is 0 Å². The largest absolute Gasteiger partial charge is 0.478 e. The summed E-state index contributed by atoms with van der Waals surface area (Å²) < 4.78 is 0. The van der Waals surface area contributed by atoms with Crippen LogP contribution >= 0.6 is 0 Å². The fourth-order valence-electron chi connectivity index (χ4n) is 4.77. The van der Waals surface area contributed by atoms with Crippen LogP contribution in [-0.2, 0) is 0 Å². The summed E-state index contributed by atoms with van der Waals surface area (Å²) in [6.07, 6.45) is 2.85. The molecule has 0 atom stereocenters. The Bertz CT molecular complexity index is 1190. The van der Waals surface area contributed by atoms with Gasteiger partial charge in [0.1, 0.15) is 0 Å². The molecule has 41 heavy (non-hydrogen) atoms. The lowest BCUT2D eigenvalue weighted by Gasteiger charge is -2.33. The highest BCUT2D eigenvalue weighted by Gasteiger charge is 2.27. The van der Waals surface area contributed by atoms with Crippen LogP contribution in [0.25, 0.3) is 0 Å². The van der Waals surface area contributed by atoms with Gasteiger partial charge in [-0.3, -0.25) is 19.6 Å². The van der Waals surface area contributed by atoms with Crippen LogP contribution in [0.1, 0.15) is 63.7 Å². The molecule has 0 aromatic heterocycles. The second kappa shape index (κ2) is 15.5. The van der Waals surface area contributed by atoms with E-state index in [0.29, 0.717) is 50.4 Å². The van der Waals surface area contributed by atoms with Crippen molar-refractivity contribution in [3.05, 3.63) is 84.4 Å². The van der Waals surface area contributed by atoms with Crippen molar-refractivity contribution in [2.45, 2.75) is 53.4 Å². The van der Waals surface area contributed by atoms with Gasteiger partial charge in [0.15, 0.2) is 0 Å². The number of nitrogens with zero attached hydrogens (tertiary/aromatic N) is 4. The number of para-hydroxylation sites is 2. The quantitative estimate of drug-likeness (QED) is 0.231. The molecule has 0 saturated carbocycles. The maximum Gasteiger partial charge on any atom is 0.335 e. The van der Waals surface area contributed by atoms with E-state index in [0.717, 1.165) is 24.2 Å². The molecule has 0 spiro atoms. The molecule has 4 amide bonds. The third kappa shape index (κ3) is 7.87. The van der Waals surface area contributed by atoms with Crippen molar-refractivity contribution < 1.29 is 19.5 Å². The number of aromatic carboxylic acids is 1. The van der Waals surface area contributed by atoms with Gasteiger partial charge < -0.3 is 5.11 Å².